The number of nitrogens with zero attached hydrogens (tertiary/aromatic N) is 2. The lowest BCUT2D eigenvalue weighted by Crippen LogP contribution is -2.34. The SMILES string of the molecule is COCCN(Cc1cccs1)C(=O)c1cc(Cl)c(Cl)n1C. The van der Waals surface area contributed by atoms with Gasteiger partial charge in [0.05, 0.1) is 18.2 Å². The Morgan fingerprint density at radius 3 is 2.76 bits per heavy atom. The van der Waals surface area contributed by atoms with Gasteiger partial charge in [-0.3, -0.25) is 4.79 Å². The molecule has 7 heteroatoms. The van der Waals surface area contributed by atoms with Gasteiger partial charge in [-0.2, -0.15) is 0 Å². The van der Waals surface area contributed by atoms with Gasteiger partial charge in [-0.25, -0.2) is 0 Å². The van der Waals surface area contributed by atoms with Gasteiger partial charge < -0.3 is 14.2 Å². The monoisotopic (exact) mass is 346 g/mol. The van der Waals surface area contributed by atoms with Crippen LogP contribution in [0, 0.1) is 0 Å². The first-order chi connectivity index (χ1) is 10.0. The quantitative estimate of drug-likeness (QED) is 0.799. The van der Waals surface area contributed by atoms with Crippen LogP contribution in [-0.4, -0.2) is 35.6 Å². The first-order valence-corrected chi connectivity index (χ1v) is 7.99. The minimum atomic E-state index is -0.114. The Hall–Kier alpha value is -1.01. The van der Waals surface area contributed by atoms with Crippen LogP contribution in [0.3, 0.4) is 0 Å². The number of halogens is 2. The van der Waals surface area contributed by atoms with Gasteiger partial charge in [0.25, 0.3) is 5.91 Å². The summed E-state index contributed by atoms with van der Waals surface area (Å²) in [5.74, 6) is -0.114. The molecule has 0 aliphatic rings. The molecule has 1 amide bonds. The Labute approximate surface area is 137 Å². The number of methoxy groups -OCH3 is 1. The maximum atomic E-state index is 12.7. The van der Waals surface area contributed by atoms with Crippen molar-refractivity contribution in [3.05, 3.63) is 44.3 Å². The van der Waals surface area contributed by atoms with E-state index in [0.29, 0.717) is 35.6 Å². The van der Waals surface area contributed by atoms with E-state index in [1.807, 2.05) is 17.5 Å². The summed E-state index contributed by atoms with van der Waals surface area (Å²) >= 11 is 13.6. The molecule has 2 aromatic heterocycles. The second-order valence-corrected chi connectivity index (χ2v) is 6.32. The summed E-state index contributed by atoms with van der Waals surface area (Å²) in [5.41, 5.74) is 0.470. The molecule has 0 fully saturated rings. The Balaban J connectivity index is 2.22. The van der Waals surface area contributed by atoms with E-state index in [-0.39, 0.29) is 5.91 Å². The second-order valence-electron chi connectivity index (χ2n) is 4.53. The second kappa shape index (κ2) is 7.31. The third-order valence-electron chi connectivity index (χ3n) is 3.11. The zero-order chi connectivity index (χ0) is 15.4. The van der Waals surface area contributed by atoms with Crippen LogP contribution >= 0.6 is 34.5 Å². The summed E-state index contributed by atoms with van der Waals surface area (Å²) in [7, 11) is 3.34. The maximum Gasteiger partial charge on any atom is 0.270 e. The number of rotatable bonds is 6. The van der Waals surface area contributed by atoms with E-state index in [0.717, 1.165) is 4.88 Å². The summed E-state index contributed by atoms with van der Waals surface area (Å²) in [5, 5.41) is 2.73. The van der Waals surface area contributed by atoms with Crippen molar-refractivity contribution in [2.75, 3.05) is 20.3 Å². The van der Waals surface area contributed by atoms with Crippen LogP contribution < -0.4 is 0 Å². The highest BCUT2D eigenvalue weighted by Gasteiger charge is 2.21. The third kappa shape index (κ3) is 3.80. The van der Waals surface area contributed by atoms with Crippen molar-refractivity contribution in [2.45, 2.75) is 6.54 Å². The van der Waals surface area contributed by atoms with Gasteiger partial charge in [0.2, 0.25) is 0 Å². The highest BCUT2D eigenvalue weighted by atomic mass is 35.5. The molecule has 0 aromatic carbocycles. The molecule has 2 heterocycles. The average Bonchev–Trinajstić information content (AvgIpc) is 3.07. The van der Waals surface area contributed by atoms with Crippen LogP contribution in [0.1, 0.15) is 15.4 Å². The van der Waals surface area contributed by atoms with Crippen LogP contribution in [0.25, 0.3) is 0 Å². The Morgan fingerprint density at radius 2 is 2.24 bits per heavy atom. The average molecular weight is 347 g/mol. The number of aromatic nitrogens is 1. The van der Waals surface area contributed by atoms with Crippen molar-refractivity contribution in [2.24, 2.45) is 7.05 Å². The van der Waals surface area contributed by atoms with E-state index >= 15 is 0 Å². The Morgan fingerprint density at radius 1 is 1.48 bits per heavy atom. The van der Waals surface area contributed by atoms with Gasteiger partial charge >= 0.3 is 0 Å². The fourth-order valence-electron chi connectivity index (χ4n) is 1.95. The van der Waals surface area contributed by atoms with Crippen LogP contribution in [0.15, 0.2) is 23.6 Å². The maximum absolute atomic E-state index is 12.7. The highest BCUT2D eigenvalue weighted by molar-refractivity contribution is 7.09. The molecule has 21 heavy (non-hydrogen) atoms. The molecule has 2 rings (SSSR count). The van der Waals surface area contributed by atoms with E-state index in [9.17, 15) is 4.79 Å². The molecule has 4 nitrogen and oxygen atoms in total. The number of ether oxygens (including phenoxy) is 1. The zero-order valence-corrected chi connectivity index (χ0v) is 14.1. The van der Waals surface area contributed by atoms with E-state index < -0.39 is 0 Å². The van der Waals surface area contributed by atoms with Gasteiger partial charge in [-0.15, -0.1) is 11.3 Å². The Kier molecular flexibility index (Phi) is 5.70. The molecule has 2 aromatic rings. The van der Waals surface area contributed by atoms with Gasteiger partial charge in [0.15, 0.2) is 0 Å². The molecular weight excluding hydrogens is 331 g/mol. The van der Waals surface area contributed by atoms with E-state index in [2.05, 4.69) is 0 Å². The van der Waals surface area contributed by atoms with Crippen LogP contribution in [0.4, 0.5) is 0 Å². The number of thiophene rings is 1. The van der Waals surface area contributed by atoms with E-state index in [1.54, 1.807) is 41.0 Å². The van der Waals surface area contributed by atoms with Gasteiger partial charge in [-0.1, -0.05) is 29.3 Å². The molecular formula is C14H16Cl2N2O2S. The summed E-state index contributed by atoms with van der Waals surface area (Å²) < 4.78 is 6.68. The molecule has 0 saturated heterocycles. The molecule has 0 radical (unpaired) electrons. The van der Waals surface area contributed by atoms with Gasteiger partial charge in [0.1, 0.15) is 10.8 Å². The fraction of sp³-hybridized carbons (Fsp3) is 0.357. The van der Waals surface area contributed by atoms with E-state index in [4.69, 9.17) is 27.9 Å². The van der Waals surface area contributed by atoms with Crippen molar-refractivity contribution in [1.29, 1.82) is 0 Å². The lowest BCUT2D eigenvalue weighted by atomic mass is 10.3. The van der Waals surface area contributed by atoms with Crippen LogP contribution in [-0.2, 0) is 18.3 Å². The normalized spacial score (nSPS) is 10.9. The standard InChI is InChI=1S/C14H16Cl2N2O2S/c1-17-12(8-11(15)13(17)16)14(19)18(5-6-20-2)9-10-4-3-7-21-10/h3-4,7-8H,5-6,9H2,1-2H3. The van der Waals surface area contributed by atoms with Crippen molar-refractivity contribution in [1.82, 2.24) is 9.47 Å². The largest absolute Gasteiger partial charge is 0.383 e. The molecule has 0 saturated carbocycles. The van der Waals surface area contributed by atoms with Crippen molar-refractivity contribution < 1.29 is 9.53 Å². The van der Waals surface area contributed by atoms with Crippen LogP contribution in [0.5, 0.6) is 0 Å². The fourth-order valence-corrected chi connectivity index (χ4v) is 3.05. The van der Waals surface area contributed by atoms with Crippen molar-refractivity contribution in [3.63, 3.8) is 0 Å². The third-order valence-corrected chi connectivity index (χ3v) is 4.82. The minimum Gasteiger partial charge on any atom is -0.383 e. The number of carbonyl (C=O) groups is 1. The molecule has 0 atom stereocenters. The molecule has 0 bridgehead atoms. The number of hydrogen-bond acceptors (Lipinski definition) is 3. The molecule has 0 spiro atoms. The van der Waals surface area contributed by atoms with Gasteiger partial charge in [0, 0.05) is 25.6 Å². The predicted octanol–water partition coefficient (Wildman–Crippen LogP) is 3.68. The highest BCUT2D eigenvalue weighted by Crippen LogP contribution is 2.26. The number of hydrogen-bond donors (Lipinski definition) is 0. The molecule has 114 valence electrons. The lowest BCUT2D eigenvalue weighted by molar-refractivity contribution is 0.0673. The number of carbonyl (C=O) groups excluding carboxylic acids is 1. The summed E-state index contributed by atoms with van der Waals surface area (Å²) in [6.07, 6.45) is 0. The number of amides is 1. The van der Waals surface area contributed by atoms with E-state index in [1.165, 1.54) is 0 Å². The minimum absolute atomic E-state index is 0.114. The first kappa shape index (κ1) is 16.4. The topological polar surface area (TPSA) is 34.5 Å². The van der Waals surface area contributed by atoms with Crippen molar-refractivity contribution >= 4 is 40.4 Å². The first-order valence-electron chi connectivity index (χ1n) is 6.36. The van der Waals surface area contributed by atoms with Crippen LogP contribution in [0.2, 0.25) is 10.2 Å². The predicted molar refractivity (Wildman–Crippen MR) is 86.4 cm³/mol. The molecule has 0 aliphatic carbocycles. The molecule has 0 N–H and O–H groups in total. The molecule has 0 aliphatic heterocycles. The smallest absolute Gasteiger partial charge is 0.270 e. The molecule has 0 unspecified atom stereocenters. The zero-order valence-electron chi connectivity index (χ0n) is 11.8. The summed E-state index contributed by atoms with van der Waals surface area (Å²) in [4.78, 5) is 15.6. The lowest BCUT2D eigenvalue weighted by Gasteiger charge is -2.22. The summed E-state index contributed by atoms with van der Waals surface area (Å²) in [6.45, 7) is 1.52. The Bertz CT molecular complexity index is 611. The van der Waals surface area contributed by atoms with Crippen molar-refractivity contribution in [3.8, 4) is 0 Å². The summed E-state index contributed by atoms with van der Waals surface area (Å²) in [6, 6.07) is 5.57. The van der Waals surface area contributed by atoms with Gasteiger partial charge in [-0.05, 0) is 17.5 Å².